The summed E-state index contributed by atoms with van der Waals surface area (Å²) in [5.41, 5.74) is 1.12. The molecule has 0 aliphatic carbocycles. The number of amides is 3. The lowest BCUT2D eigenvalue weighted by atomic mass is 9.49. The van der Waals surface area contributed by atoms with Crippen molar-refractivity contribution >= 4 is 89.0 Å². The minimum absolute atomic E-state index is 0.00970. The Morgan fingerprint density at radius 2 is 1.70 bits per heavy atom. The van der Waals surface area contributed by atoms with Crippen LogP contribution in [0.25, 0.3) is 0 Å². The van der Waals surface area contributed by atoms with Crippen molar-refractivity contribution < 1.29 is 23.9 Å². The van der Waals surface area contributed by atoms with Gasteiger partial charge in [-0.05, 0) is 29.5 Å². The number of fused-ring (bicyclic) bond motifs is 1. The first kappa shape index (κ1) is 28.7. The van der Waals surface area contributed by atoms with Crippen molar-refractivity contribution in [3.05, 3.63) is 46.5 Å². The first-order valence-electron chi connectivity index (χ1n) is 12.7. The summed E-state index contributed by atoms with van der Waals surface area (Å²) in [6, 6.07) is 5.46. The lowest BCUT2D eigenvalue weighted by Crippen LogP contribution is -2.57. The van der Waals surface area contributed by atoms with Crippen LogP contribution in [0.5, 0.6) is 5.75 Å². The fourth-order valence-corrected chi connectivity index (χ4v) is 5.50. The van der Waals surface area contributed by atoms with Crippen LogP contribution in [0.3, 0.4) is 0 Å². The minimum atomic E-state index is -2.09. The number of carbonyl (C=O) groups is 3. The van der Waals surface area contributed by atoms with Crippen LogP contribution in [0.1, 0.15) is 39.9 Å². The van der Waals surface area contributed by atoms with Crippen LogP contribution in [-0.2, 0) is 31.6 Å². The number of nitrogens with one attached hydrogen (secondary N) is 1. The van der Waals surface area contributed by atoms with Gasteiger partial charge >= 0.3 is 0 Å². The van der Waals surface area contributed by atoms with Crippen molar-refractivity contribution in [2.75, 3.05) is 26.3 Å². The Hall–Kier alpha value is -2.78. The molecule has 2 aromatic carbocycles. The number of imide groups is 1. The lowest BCUT2D eigenvalue weighted by molar-refractivity contribution is -0.136. The van der Waals surface area contributed by atoms with Crippen LogP contribution in [0.15, 0.2) is 24.3 Å². The first-order valence-corrected chi connectivity index (χ1v) is 12.7. The molecule has 15 heteroatoms. The molecule has 8 nitrogen and oxygen atoms in total. The van der Waals surface area contributed by atoms with Crippen LogP contribution in [0.4, 0.5) is 0 Å². The quantitative estimate of drug-likeness (QED) is 0.312. The second kappa shape index (κ2) is 10.6. The Labute approximate surface area is 242 Å². The molecule has 3 aliphatic heterocycles. The van der Waals surface area contributed by atoms with Crippen molar-refractivity contribution in [3.63, 3.8) is 0 Å². The van der Waals surface area contributed by atoms with Crippen LogP contribution in [0, 0.1) is 0 Å². The third kappa shape index (κ3) is 4.96. The normalized spacial score (nSPS) is 20.4. The zero-order valence-corrected chi connectivity index (χ0v) is 21.8. The smallest absolute Gasteiger partial charge is 0.255 e. The van der Waals surface area contributed by atoms with Crippen molar-refractivity contribution in [2.45, 2.75) is 36.2 Å². The number of hydrogen-bond donors (Lipinski definition) is 1. The highest BCUT2D eigenvalue weighted by Crippen LogP contribution is 2.35. The van der Waals surface area contributed by atoms with Gasteiger partial charge in [-0.2, -0.15) is 0 Å². The molecule has 0 spiro atoms. The Kier molecular flexibility index (Phi) is 7.59. The summed E-state index contributed by atoms with van der Waals surface area (Å²) in [7, 11) is 45.0. The summed E-state index contributed by atoms with van der Waals surface area (Å²) in [6.45, 7) is 1.89. The molecular weight excluding hydrogens is 498 g/mol. The van der Waals surface area contributed by atoms with E-state index in [1.165, 1.54) is 11.0 Å². The van der Waals surface area contributed by atoms with E-state index in [2.05, 4.69) is 5.32 Å². The van der Waals surface area contributed by atoms with Gasteiger partial charge in [0.25, 0.3) is 5.91 Å². The molecule has 2 saturated heterocycles. The monoisotopic (exact) mass is 519 g/mol. The second-order valence-electron chi connectivity index (χ2n) is 10.2. The first-order chi connectivity index (χ1) is 18.8. The average Bonchev–Trinajstić information content (AvgIpc) is 3.23. The summed E-state index contributed by atoms with van der Waals surface area (Å²) >= 11 is 0. The summed E-state index contributed by atoms with van der Waals surface area (Å²) in [4.78, 5) is 40.4. The van der Waals surface area contributed by atoms with Gasteiger partial charge in [0.15, 0.2) is 0 Å². The second-order valence-corrected chi connectivity index (χ2v) is 10.2. The molecule has 14 radical (unpaired) electrons. The van der Waals surface area contributed by atoms with E-state index in [0.29, 0.717) is 37.4 Å². The van der Waals surface area contributed by atoms with E-state index in [9.17, 15) is 14.4 Å². The number of ether oxygens (including phenoxy) is 2. The Bertz CT molecular complexity index is 1400. The van der Waals surface area contributed by atoms with E-state index >= 15 is 0 Å². The maximum absolute atomic E-state index is 13.2. The zero-order chi connectivity index (χ0) is 29.0. The number of nitrogens with zero attached hydrogens (tertiary/aromatic N) is 2. The highest BCUT2D eigenvalue weighted by molar-refractivity contribution is 6.56. The predicted octanol–water partition coefficient (Wildman–Crippen LogP) is -3.87. The van der Waals surface area contributed by atoms with Crippen molar-refractivity contribution in [1.82, 2.24) is 15.1 Å². The molecule has 3 aliphatic rings. The molecule has 0 aromatic heterocycles. The topological polar surface area (TPSA) is 88.2 Å². The van der Waals surface area contributed by atoms with Gasteiger partial charge < -0.3 is 19.3 Å². The molecule has 3 amide bonds. The molecule has 186 valence electrons. The number of hydrogen-bond acceptors (Lipinski definition) is 6. The van der Waals surface area contributed by atoms with Crippen molar-refractivity contribution in [3.8, 4) is 5.75 Å². The number of carbonyl (C=O) groups excluding carboxylic acids is 3. The molecule has 2 aromatic rings. The number of morpholine rings is 1. The molecule has 2 fully saturated rings. The number of rotatable bonds is 6. The lowest BCUT2D eigenvalue weighted by Gasteiger charge is -2.45. The predicted molar refractivity (Wildman–Crippen MR) is 154 cm³/mol. The molecule has 5 rings (SSSR count). The fourth-order valence-electron chi connectivity index (χ4n) is 5.50. The van der Waals surface area contributed by atoms with E-state index in [-0.39, 0.29) is 64.5 Å². The molecule has 1 unspecified atom stereocenters. The van der Waals surface area contributed by atoms with Crippen LogP contribution >= 0.6 is 0 Å². The summed E-state index contributed by atoms with van der Waals surface area (Å²) in [5.74, 6) is -1.10. The van der Waals surface area contributed by atoms with Gasteiger partial charge in [0.1, 0.15) is 51.0 Å². The van der Waals surface area contributed by atoms with Gasteiger partial charge in [-0.15, -0.1) is 0 Å². The Balaban J connectivity index is 1.45. The van der Waals surface area contributed by atoms with E-state index in [4.69, 9.17) is 64.4 Å². The highest BCUT2D eigenvalue weighted by atomic mass is 16.5. The molecule has 1 atom stereocenters. The molecule has 40 heavy (non-hydrogen) atoms. The Morgan fingerprint density at radius 1 is 1.00 bits per heavy atom. The van der Waals surface area contributed by atoms with Crippen molar-refractivity contribution in [2.24, 2.45) is 0 Å². The Morgan fingerprint density at radius 3 is 2.38 bits per heavy atom. The van der Waals surface area contributed by atoms with Gasteiger partial charge in [0.2, 0.25) is 11.8 Å². The van der Waals surface area contributed by atoms with Gasteiger partial charge in [-0.25, -0.2) is 0 Å². The van der Waals surface area contributed by atoms with E-state index in [0.717, 1.165) is 0 Å². The summed E-state index contributed by atoms with van der Waals surface area (Å²) < 4.78 is 11.4. The highest BCUT2D eigenvalue weighted by Gasteiger charge is 2.41. The van der Waals surface area contributed by atoms with Crippen LogP contribution in [-0.4, -0.2) is 115 Å². The minimum Gasteiger partial charge on any atom is -0.502 e. The van der Waals surface area contributed by atoms with E-state index < -0.39 is 22.7 Å². The summed E-state index contributed by atoms with van der Waals surface area (Å²) in [6.07, 6.45) is 0.341. The number of piperidine rings is 1. The van der Waals surface area contributed by atoms with Gasteiger partial charge in [-0.3, -0.25) is 19.7 Å². The maximum Gasteiger partial charge on any atom is 0.255 e. The number of benzene rings is 2. The standard InChI is InChI=1S/C25H20B7N3O5/c26-15-10-14(24(29,30)34-6-8-39-9-7-34)20(27)21(28)19(15)25(31,32)40-17-3-1-2-12-13(17)11-35(23(12)38)16-4-5-18(36)33-22(16)37/h1-3,10,16H,4-9,11H2,(H,33,36,37). The SMILES string of the molecule is [B]c1cc(C([B])([B])N2CCOCC2)c([B])c([B])c1C([B])([B])Oc1cccc2c1CN(C1CCC(=O)NC1=O)C2=O. The van der Waals surface area contributed by atoms with E-state index in [1.54, 1.807) is 23.1 Å². The third-order valence-corrected chi connectivity index (χ3v) is 7.61. The molecular formula is C25H20B7N3O5. The van der Waals surface area contributed by atoms with Gasteiger partial charge in [0.05, 0.1) is 35.5 Å². The average molecular weight is 518 g/mol. The van der Waals surface area contributed by atoms with Crippen LogP contribution in [0.2, 0.25) is 0 Å². The molecule has 3 heterocycles. The van der Waals surface area contributed by atoms with Crippen LogP contribution < -0.4 is 26.4 Å². The van der Waals surface area contributed by atoms with Gasteiger partial charge in [0, 0.05) is 36.0 Å². The molecule has 0 bridgehead atoms. The zero-order valence-electron chi connectivity index (χ0n) is 21.8. The fraction of sp³-hybridized carbons (Fsp3) is 0.400. The molecule has 0 saturated carbocycles. The van der Waals surface area contributed by atoms with E-state index in [1.807, 2.05) is 0 Å². The maximum atomic E-state index is 13.2. The molecule has 1 N–H and O–H groups in total. The van der Waals surface area contributed by atoms with Crippen molar-refractivity contribution in [1.29, 1.82) is 0 Å². The summed E-state index contributed by atoms with van der Waals surface area (Å²) in [5, 5.41) is -1.32. The largest absolute Gasteiger partial charge is 0.502 e. The third-order valence-electron chi connectivity index (χ3n) is 7.61. The van der Waals surface area contributed by atoms with Gasteiger partial charge in [-0.1, -0.05) is 34.1 Å².